The standard InChI is InChI=1S/C21H22N2O4/c24-17(22-9-12-7-13-3-1-2-4-16(13)27-11-12)10-23-20(25)18-14-5-6-15(8-14)19(18)21(23)26/h1-6,12,14-15,18-19H,7-11H2,(H,22,24). The molecule has 4 aliphatic rings. The molecule has 1 aromatic carbocycles. The number of carbonyl (C=O) groups excluding carboxylic acids is 3. The second-order valence-corrected chi connectivity index (χ2v) is 8.06. The molecule has 2 aliphatic heterocycles. The lowest BCUT2D eigenvalue weighted by Gasteiger charge is -2.25. The van der Waals surface area contributed by atoms with Gasteiger partial charge in [0.05, 0.1) is 18.4 Å². The molecule has 0 radical (unpaired) electrons. The van der Waals surface area contributed by atoms with Crippen molar-refractivity contribution in [2.24, 2.45) is 29.6 Å². The quantitative estimate of drug-likeness (QED) is 0.641. The Morgan fingerprint density at radius 3 is 2.56 bits per heavy atom. The second kappa shape index (κ2) is 6.22. The van der Waals surface area contributed by atoms with Crippen LogP contribution in [-0.2, 0) is 20.8 Å². The van der Waals surface area contributed by atoms with Crippen molar-refractivity contribution in [2.45, 2.75) is 12.8 Å². The predicted molar refractivity (Wildman–Crippen MR) is 96.6 cm³/mol. The minimum atomic E-state index is -0.282. The minimum Gasteiger partial charge on any atom is -0.493 e. The van der Waals surface area contributed by atoms with Crippen molar-refractivity contribution in [1.29, 1.82) is 0 Å². The third kappa shape index (κ3) is 2.66. The molecule has 1 saturated heterocycles. The average Bonchev–Trinajstić information content (AvgIpc) is 3.36. The maximum Gasteiger partial charge on any atom is 0.240 e. The fourth-order valence-electron chi connectivity index (χ4n) is 5.10. The number of rotatable bonds is 4. The summed E-state index contributed by atoms with van der Waals surface area (Å²) < 4.78 is 5.74. The Balaban J connectivity index is 1.17. The van der Waals surface area contributed by atoms with Crippen molar-refractivity contribution in [3.05, 3.63) is 42.0 Å². The van der Waals surface area contributed by atoms with Gasteiger partial charge in [0.25, 0.3) is 0 Å². The van der Waals surface area contributed by atoms with Crippen LogP contribution in [0.25, 0.3) is 0 Å². The first-order chi connectivity index (χ1) is 13.1. The van der Waals surface area contributed by atoms with Gasteiger partial charge in [0.2, 0.25) is 17.7 Å². The number of amides is 3. The molecule has 27 heavy (non-hydrogen) atoms. The monoisotopic (exact) mass is 366 g/mol. The SMILES string of the molecule is O=C(CN1C(=O)C2C3C=CC(C3)C2C1=O)NCC1COc2ccccc2C1. The number of likely N-dealkylation sites (tertiary alicyclic amines) is 1. The van der Waals surface area contributed by atoms with Gasteiger partial charge in [0.15, 0.2) is 0 Å². The number of allylic oxidation sites excluding steroid dienone is 2. The lowest BCUT2D eigenvalue weighted by molar-refractivity contribution is -0.144. The number of nitrogens with zero attached hydrogens (tertiary/aromatic N) is 1. The molecular weight excluding hydrogens is 344 g/mol. The van der Waals surface area contributed by atoms with E-state index in [2.05, 4.69) is 17.5 Å². The van der Waals surface area contributed by atoms with Gasteiger partial charge in [-0.3, -0.25) is 19.3 Å². The first kappa shape index (κ1) is 16.5. The number of hydrogen-bond acceptors (Lipinski definition) is 4. The Morgan fingerprint density at radius 1 is 1.11 bits per heavy atom. The molecule has 1 N–H and O–H groups in total. The van der Waals surface area contributed by atoms with Crippen LogP contribution < -0.4 is 10.1 Å². The van der Waals surface area contributed by atoms with Crippen molar-refractivity contribution in [3.8, 4) is 5.75 Å². The van der Waals surface area contributed by atoms with E-state index in [4.69, 9.17) is 4.74 Å². The molecule has 140 valence electrons. The van der Waals surface area contributed by atoms with Gasteiger partial charge in [0.1, 0.15) is 12.3 Å². The maximum atomic E-state index is 12.6. The number of fused-ring (bicyclic) bond motifs is 6. The average molecular weight is 366 g/mol. The van der Waals surface area contributed by atoms with E-state index in [-0.39, 0.29) is 53.9 Å². The summed E-state index contributed by atoms with van der Waals surface area (Å²) >= 11 is 0. The molecule has 0 aromatic heterocycles. The first-order valence-electron chi connectivity index (χ1n) is 9.63. The van der Waals surface area contributed by atoms with Crippen LogP contribution in [-0.4, -0.2) is 42.3 Å². The van der Waals surface area contributed by atoms with E-state index in [1.54, 1.807) is 0 Å². The summed E-state index contributed by atoms with van der Waals surface area (Å²) in [5.41, 5.74) is 1.14. The van der Waals surface area contributed by atoms with Crippen LogP contribution in [0, 0.1) is 29.6 Å². The summed E-state index contributed by atoms with van der Waals surface area (Å²) in [6, 6.07) is 7.91. The van der Waals surface area contributed by atoms with E-state index in [1.807, 2.05) is 24.3 Å². The van der Waals surface area contributed by atoms with Crippen LogP contribution in [0.3, 0.4) is 0 Å². The lowest BCUT2D eigenvalue weighted by atomic mass is 9.85. The first-order valence-corrected chi connectivity index (χ1v) is 9.63. The molecule has 5 rings (SSSR count). The Labute approximate surface area is 157 Å². The highest BCUT2D eigenvalue weighted by atomic mass is 16.5. The highest BCUT2D eigenvalue weighted by molar-refractivity contribution is 6.08. The van der Waals surface area contributed by atoms with Crippen LogP contribution >= 0.6 is 0 Å². The molecule has 2 heterocycles. The summed E-state index contributed by atoms with van der Waals surface area (Å²) in [6.07, 6.45) is 5.86. The van der Waals surface area contributed by atoms with E-state index in [9.17, 15) is 14.4 Å². The number of nitrogens with one attached hydrogen (secondary N) is 1. The summed E-state index contributed by atoms with van der Waals surface area (Å²) in [7, 11) is 0. The molecular formula is C21H22N2O4. The highest BCUT2D eigenvalue weighted by Crippen LogP contribution is 2.52. The zero-order valence-electron chi connectivity index (χ0n) is 15.0. The molecule has 6 nitrogen and oxygen atoms in total. The molecule has 3 amide bonds. The molecule has 2 bridgehead atoms. The fraction of sp³-hybridized carbons (Fsp3) is 0.476. The zero-order chi connectivity index (χ0) is 18.5. The number of para-hydroxylation sites is 1. The smallest absolute Gasteiger partial charge is 0.240 e. The van der Waals surface area contributed by atoms with E-state index in [1.165, 1.54) is 4.90 Å². The molecule has 5 atom stereocenters. The Hall–Kier alpha value is -2.63. The lowest BCUT2D eigenvalue weighted by Crippen LogP contribution is -2.44. The molecule has 6 heteroatoms. The number of ether oxygens (including phenoxy) is 1. The van der Waals surface area contributed by atoms with Crippen molar-refractivity contribution < 1.29 is 19.1 Å². The third-order valence-electron chi connectivity index (χ3n) is 6.41. The van der Waals surface area contributed by atoms with Gasteiger partial charge in [-0.15, -0.1) is 0 Å². The summed E-state index contributed by atoms with van der Waals surface area (Å²) in [5, 5.41) is 2.87. The van der Waals surface area contributed by atoms with Gasteiger partial charge >= 0.3 is 0 Å². The number of carbonyl (C=O) groups is 3. The van der Waals surface area contributed by atoms with Gasteiger partial charge in [-0.25, -0.2) is 0 Å². The fourth-order valence-corrected chi connectivity index (χ4v) is 5.10. The summed E-state index contributed by atoms with van der Waals surface area (Å²) in [6.45, 7) is 0.857. The summed E-state index contributed by atoms with van der Waals surface area (Å²) in [4.78, 5) is 38.8. The normalized spacial score (nSPS) is 33.0. The summed E-state index contributed by atoms with van der Waals surface area (Å²) in [5.74, 6) is 0.311. The zero-order valence-corrected chi connectivity index (χ0v) is 15.0. The molecule has 1 aromatic rings. The molecule has 5 unspecified atom stereocenters. The Bertz CT molecular complexity index is 818. The highest BCUT2D eigenvalue weighted by Gasteiger charge is 2.59. The largest absolute Gasteiger partial charge is 0.493 e. The van der Waals surface area contributed by atoms with Crippen LogP contribution in [0.5, 0.6) is 5.75 Å². The van der Waals surface area contributed by atoms with Gasteiger partial charge in [0, 0.05) is 12.5 Å². The maximum absolute atomic E-state index is 12.6. The minimum absolute atomic E-state index is 0.170. The van der Waals surface area contributed by atoms with Crippen molar-refractivity contribution in [2.75, 3.05) is 19.7 Å². The third-order valence-corrected chi connectivity index (χ3v) is 6.41. The second-order valence-electron chi connectivity index (χ2n) is 8.06. The van der Waals surface area contributed by atoms with E-state index < -0.39 is 0 Å². The van der Waals surface area contributed by atoms with Crippen LogP contribution in [0.15, 0.2) is 36.4 Å². The van der Waals surface area contributed by atoms with Gasteiger partial charge in [-0.05, 0) is 36.3 Å². The predicted octanol–water partition coefficient (Wildman–Crippen LogP) is 1.16. The van der Waals surface area contributed by atoms with Crippen LogP contribution in [0.2, 0.25) is 0 Å². The van der Waals surface area contributed by atoms with E-state index in [0.29, 0.717) is 13.2 Å². The van der Waals surface area contributed by atoms with E-state index in [0.717, 1.165) is 24.2 Å². The Kier molecular flexibility index (Phi) is 3.81. The molecule has 2 aliphatic carbocycles. The van der Waals surface area contributed by atoms with Crippen molar-refractivity contribution in [3.63, 3.8) is 0 Å². The molecule has 0 spiro atoms. The van der Waals surface area contributed by atoms with Gasteiger partial charge in [-0.1, -0.05) is 30.4 Å². The molecule has 2 fully saturated rings. The number of imide groups is 1. The number of hydrogen-bond donors (Lipinski definition) is 1. The van der Waals surface area contributed by atoms with Crippen molar-refractivity contribution in [1.82, 2.24) is 10.2 Å². The van der Waals surface area contributed by atoms with Crippen LogP contribution in [0.4, 0.5) is 0 Å². The number of benzene rings is 1. The van der Waals surface area contributed by atoms with Gasteiger partial charge < -0.3 is 10.1 Å². The van der Waals surface area contributed by atoms with Crippen LogP contribution in [0.1, 0.15) is 12.0 Å². The van der Waals surface area contributed by atoms with Crippen molar-refractivity contribution >= 4 is 17.7 Å². The topological polar surface area (TPSA) is 75.7 Å². The molecule has 1 saturated carbocycles. The Morgan fingerprint density at radius 2 is 1.81 bits per heavy atom. The van der Waals surface area contributed by atoms with E-state index >= 15 is 0 Å². The van der Waals surface area contributed by atoms with Gasteiger partial charge in [-0.2, -0.15) is 0 Å².